The number of carbonyl (C=O) groups is 1. The summed E-state index contributed by atoms with van der Waals surface area (Å²) >= 11 is 5.27. The zero-order valence-corrected chi connectivity index (χ0v) is 17.9. The normalized spacial score (nSPS) is 10.8. The van der Waals surface area contributed by atoms with Gasteiger partial charge in [-0.3, -0.25) is 4.79 Å². The number of carbonyl (C=O) groups excluding carboxylic acids is 1. The summed E-state index contributed by atoms with van der Waals surface area (Å²) in [6.45, 7) is 1.58. The monoisotopic (exact) mass is 466 g/mol. The highest BCUT2D eigenvalue weighted by atomic mass is 79.9. The summed E-state index contributed by atoms with van der Waals surface area (Å²) in [6.07, 6.45) is 1.49. The molecular weight excluding hydrogens is 448 g/mol. The third-order valence-electron chi connectivity index (χ3n) is 4.38. The Bertz CT molecular complexity index is 1070. The number of thiophene rings is 1. The topological polar surface area (TPSA) is 54.3 Å². The molecule has 0 atom stereocenters. The van der Waals surface area contributed by atoms with Gasteiger partial charge in [-0.05, 0) is 59.7 Å². The number of benzene rings is 2. The molecule has 0 radical (unpaired) electrons. The summed E-state index contributed by atoms with van der Waals surface area (Å²) in [5, 5.41) is 6.30. The summed E-state index contributed by atoms with van der Waals surface area (Å²) in [7, 11) is 0. The molecule has 4 aromatic rings. The van der Waals surface area contributed by atoms with Crippen molar-refractivity contribution in [3.8, 4) is 10.4 Å². The van der Waals surface area contributed by atoms with Crippen LogP contribution in [0.2, 0.25) is 0 Å². The molecule has 0 saturated carbocycles. The van der Waals surface area contributed by atoms with Crippen LogP contribution in [0.5, 0.6) is 0 Å². The number of halogens is 1. The van der Waals surface area contributed by atoms with Crippen LogP contribution in [0.15, 0.2) is 87.9 Å². The number of amides is 1. The van der Waals surface area contributed by atoms with Crippen LogP contribution in [0, 0.1) is 0 Å². The summed E-state index contributed by atoms with van der Waals surface area (Å²) < 4.78 is 6.19. The van der Waals surface area contributed by atoms with Gasteiger partial charge in [-0.15, -0.1) is 11.3 Å². The molecule has 2 aromatic heterocycles. The van der Waals surface area contributed by atoms with E-state index in [1.54, 1.807) is 23.5 Å². The predicted molar refractivity (Wildman–Crippen MR) is 121 cm³/mol. The molecule has 2 aromatic carbocycles. The first-order valence-electron chi connectivity index (χ1n) is 9.16. The molecular formula is C23H19BrN2O2S. The molecule has 0 aliphatic carbocycles. The average Bonchev–Trinajstić information content (AvgIpc) is 3.42. The molecule has 4 rings (SSSR count). The fourth-order valence-electron chi connectivity index (χ4n) is 2.88. The molecule has 2 N–H and O–H groups in total. The number of rotatable bonds is 7. The third kappa shape index (κ3) is 5.23. The lowest BCUT2D eigenvalue weighted by molar-refractivity contribution is 0.0996. The van der Waals surface area contributed by atoms with Crippen LogP contribution < -0.4 is 10.6 Å². The van der Waals surface area contributed by atoms with Crippen molar-refractivity contribution in [3.05, 3.63) is 99.7 Å². The van der Waals surface area contributed by atoms with Crippen molar-refractivity contribution in [2.75, 3.05) is 5.32 Å². The Morgan fingerprint density at radius 3 is 2.45 bits per heavy atom. The van der Waals surface area contributed by atoms with Gasteiger partial charge in [0.15, 0.2) is 5.76 Å². The molecule has 29 heavy (non-hydrogen) atoms. The summed E-state index contributed by atoms with van der Waals surface area (Å²) in [6, 6.07) is 23.9. The van der Waals surface area contributed by atoms with Crippen molar-refractivity contribution in [1.82, 2.24) is 5.32 Å². The molecule has 2 heterocycles. The summed E-state index contributed by atoms with van der Waals surface area (Å²) in [5.74, 6) is 0.0503. The van der Waals surface area contributed by atoms with E-state index in [1.807, 2.05) is 24.3 Å². The van der Waals surface area contributed by atoms with Crippen molar-refractivity contribution < 1.29 is 9.21 Å². The van der Waals surface area contributed by atoms with Gasteiger partial charge in [0.2, 0.25) is 0 Å². The quantitative estimate of drug-likeness (QED) is 0.335. The van der Waals surface area contributed by atoms with Gasteiger partial charge in [0.1, 0.15) is 0 Å². The van der Waals surface area contributed by atoms with Crippen molar-refractivity contribution in [2.45, 2.75) is 13.1 Å². The van der Waals surface area contributed by atoms with Crippen molar-refractivity contribution in [1.29, 1.82) is 0 Å². The van der Waals surface area contributed by atoms with Gasteiger partial charge in [-0.25, -0.2) is 0 Å². The van der Waals surface area contributed by atoms with Gasteiger partial charge in [0.05, 0.1) is 6.26 Å². The van der Waals surface area contributed by atoms with Crippen LogP contribution in [-0.4, -0.2) is 5.91 Å². The van der Waals surface area contributed by atoms with E-state index in [2.05, 4.69) is 63.0 Å². The highest BCUT2D eigenvalue weighted by molar-refractivity contribution is 9.10. The SMILES string of the molecule is O=C(Nc1ccc(CNCc2ccc(-c3ccc(Br)cc3)s2)cc1)c1ccco1. The van der Waals surface area contributed by atoms with Crippen molar-refractivity contribution in [2.24, 2.45) is 0 Å². The maximum atomic E-state index is 12.0. The smallest absolute Gasteiger partial charge is 0.291 e. The second kappa shape index (κ2) is 9.22. The number of hydrogen-bond donors (Lipinski definition) is 2. The molecule has 0 saturated heterocycles. The minimum atomic E-state index is -0.250. The van der Waals surface area contributed by atoms with Crippen LogP contribution in [0.25, 0.3) is 10.4 Å². The van der Waals surface area contributed by atoms with E-state index in [1.165, 1.54) is 21.6 Å². The fourth-order valence-corrected chi connectivity index (χ4v) is 4.13. The summed E-state index contributed by atoms with van der Waals surface area (Å²) in [4.78, 5) is 14.6. The van der Waals surface area contributed by atoms with Gasteiger partial charge in [-0.1, -0.05) is 40.2 Å². The number of hydrogen-bond acceptors (Lipinski definition) is 4. The Hall–Kier alpha value is -2.67. The number of furan rings is 1. The zero-order valence-electron chi connectivity index (χ0n) is 15.5. The van der Waals surface area contributed by atoms with E-state index < -0.39 is 0 Å². The Labute approximate surface area is 181 Å². The standard InChI is InChI=1S/C23H19BrN2O2S/c24-18-7-5-17(6-8-18)22-12-11-20(29-22)15-25-14-16-3-9-19(10-4-16)26-23(27)21-2-1-13-28-21/h1-13,25H,14-15H2,(H,26,27). The first kappa shape index (κ1) is 19.6. The van der Waals surface area contributed by atoms with Gasteiger partial charge in [0.25, 0.3) is 5.91 Å². The second-order valence-corrected chi connectivity index (χ2v) is 8.59. The molecule has 1 amide bonds. The first-order chi connectivity index (χ1) is 14.2. The van der Waals surface area contributed by atoms with E-state index in [0.717, 1.165) is 28.8 Å². The molecule has 0 aliphatic heterocycles. The van der Waals surface area contributed by atoms with E-state index in [9.17, 15) is 4.79 Å². The van der Waals surface area contributed by atoms with Crippen LogP contribution in [0.3, 0.4) is 0 Å². The largest absolute Gasteiger partial charge is 0.459 e. The maximum Gasteiger partial charge on any atom is 0.291 e. The Kier molecular flexibility index (Phi) is 6.24. The van der Waals surface area contributed by atoms with Gasteiger partial charge < -0.3 is 15.1 Å². The third-order valence-corrected chi connectivity index (χ3v) is 6.04. The molecule has 4 nitrogen and oxygen atoms in total. The molecule has 146 valence electrons. The lowest BCUT2D eigenvalue weighted by Gasteiger charge is -2.06. The Morgan fingerprint density at radius 2 is 1.72 bits per heavy atom. The Balaban J connectivity index is 1.27. The first-order valence-corrected chi connectivity index (χ1v) is 10.8. The highest BCUT2D eigenvalue weighted by Crippen LogP contribution is 2.29. The van der Waals surface area contributed by atoms with E-state index in [4.69, 9.17) is 4.42 Å². The molecule has 0 fully saturated rings. The molecule has 6 heteroatoms. The number of nitrogens with one attached hydrogen (secondary N) is 2. The lowest BCUT2D eigenvalue weighted by atomic mass is 10.2. The zero-order chi connectivity index (χ0) is 20.1. The van der Waals surface area contributed by atoms with E-state index >= 15 is 0 Å². The summed E-state index contributed by atoms with van der Waals surface area (Å²) in [5.41, 5.74) is 3.13. The molecule has 0 bridgehead atoms. The average molecular weight is 467 g/mol. The molecule has 0 aliphatic rings. The van der Waals surface area contributed by atoms with Crippen molar-refractivity contribution >= 4 is 38.9 Å². The number of anilines is 1. The second-order valence-electron chi connectivity index (χ2n) is 6.50. The van der Waals surface area contributed by atoms with Crippen molar-refractivity contribution in [3.63, 3.8) is 0 Å². The van der Waals surface area contributed by atoms with Gasteiger partial charge in [-0.2, -0.15) is 0 Å². The highest BCUT2D eigenvalue weighted by Gasteiger charge is 2.08. The Morgan fingerprint density at radius 1 is 0.931 bits per heavy atom. The van der Waals surface area contributed by atoms with E-state index in [-0.39, 0.29) is 5.91 Å². The lowest BCUT2D eigenvalue weighted by Crippen LogP contribution is -2.12. The predicted octanol–water partition coefficient (Wildman–Crippen LogP) is 6.31. The van der Waals surface area contributed by atoms with Crippen LogP contribution in [0.4, 0.5) is 5.69 Å². The van der Waals surface area contributed by atoms with Gasteiger partial charge in [0, 0.05) is 33.0 Å². The molecule has 0 spiro atoms. The van der Waals surface area contributed by atoms with E-state index in [0.29, 0.717) is 5.76 Å². The fraction of sp³-hybridized carbons (Fsp3) is 0.0870. The van der Waals surface area contributed by atoms with Crippen LogP contribution in [-0.2, 0) is 13.1 Å². The van der Waals surface area contributed by atoms with Gasteiger partial charge >= 0.3 is 0 Å². The van der Waals surface area contributed by atoms with Crippen LogP contribution in [0.1, 0.15) is 21.0 Å². The minimum absolute atomic E-state index is 0.250. The molecule has 0 unspecified atom stereocenters. The van der Waals surface area contributed by atoms with Crippen LogP contribution >= 0.6 is 27.3 Å². The minimum Gasteiger partial charge on any atom is -0.459 e. The maximum absolute atomic E-state index is 12.0.